The highest BCUT2D eigenvalue weighted by atomic mass is 79.9. The van der Waals surface area contributed by atoms with E-state index in [4.69, 9.17) is 0 Å². The van der Waals surface area contributed by atoms with E-state index in [0.29, 0.717) is 22.4 Å². The third-order valence-electron chi connectivity index (χ3n) is 2.98. The van der Waals surface area contributed by atoms with Crippen molar-refractivity contribution in [2.45, 2.75) is 6.54 Å². The summed E-state index contributed by atoms with van der Waals surface area (Å²) in [6, 6.07) is 3.98. The molecule has 4 heterocycles. The van der Waals surface area contributed by atoms with Gasteiger partial charge < -0.3 is 4.40 Å². The maximum absolute atomic E-state index is 4.36. The third kappa shape index (κ3) is 1.85. The summed E-state index contributed by atoms with van der Waals surface area (Å²) in [4.78, 5) is 12.7. The van der Waals surface area contributed by atoms with E-state index in [1.165, 1.54) is 0 Å². The van der Waals surface area contributed by atoms with Crippen molar-refractivity contribution < 1.29 is 0 Å². The highest BCUT2D eigenvalue weighted by Crippen LogP contribution is 2.12. The van der Waals surface area contributed by atoms with Crippen LogP contribution in [0.15, 0.2) is 41.5 Å². The van der Waals surface area contributed by atoms with Crippen LogP contribution in [0.2, 0.25) is 0 Å². The van der Waals surface area contributed by atoms with Gasteiger partial charge in [0.05, 0.1) is 12.7 Å². The molecule has 0 bridgehead atoms. The Kier molecular flexibility index (Phi) is 2.49. The summed E-state index contributed by atoms with van der Waals surface area (Å²) in [5, 5.41) is 8.10. The summed E-state index contributed by atoms with van der Waals surface area (Å²) >= 11 is 3.31. The maximum Gasteiger partial charge on any atom is 0.221 e. The Labute approximate surface area is 121 Å². The van der Waals surface area contributed by atoms with Crippen LogP contribution in [0.3, 0.4) is 0 Å². The van der Waals surface area contributed by atoms with Crippen molar-refractivity contribution in [3.63, 3.8) is 0 Å². The van der Waals surface area contributed by atoms with Crippen molar-refractivity contribution in [2.24, 2.45) is 0 Å². The standard InChI is InChI=1S/C12H8BrN7/c13-9-5-15-11-12(16-9)20(18-17-11)7-8-1-2-10-14-3-4-19(10)6-8/h1-6H,7H2. The number of hydrogen-bond acceptors (Lipinski definition) is 5. The van der Waals surface area contributed by atoms with Crippen LogP contribution in [0.1, 0.15) is 5.56 Å². The van der Waals surface area contributed by atoms with Crippen LogP contribution in [0.4, 0.5) is 0 Å². The number of halogens is 1. The van der Waals surface area contributed by atoms with Gasteiger partial charge in [-0.2, -0.15) is 0 Å². The van der Waals surface area contributed by atoms with Crippen molar-refractivity contribution in [1.82, 2.24) is 34.3 Å². The highest BCUT2D eigenvalue weighted by Gasteiger charge is 2.08. The van der Waals surface area contributed by atoms with Crippen molar-refractivity contribution in [3.8, 4) is 0 Å². The van der Waals surface area contributed by atoms with Crippen LogP contribution >= 0.6 is 15.9 Å². The molecule has 7 nitrogen and oxygen atoms in total. The van der Waals surface area contributed by atoms with Crippen LogP contribution < -0.4 is 0 Å². The van der Waals surface area contributed by atoms with Crippen molar-refractivity contribution in [3.05, 3.63) is 47.1 Å². The largest absolute Gasteiger partial charge is 0.307 e. The van der Waals surface area contributed by atoms with Crippen molar-refractivity contribution in [2.75, 3.05) is 0 Å². The quantitative estimate of drug-likeness (QED) is 0.559. The molecule has 0 unspecified atom stereocenters. The number of aromatic nitrogens is 7. The number of hydrogen-bond donors (Lipinski definition) is 0. The molecule has 4 aromatic heterocycles. The molecule has 0 saturated heterocycles. The molecule has 0 aliphatic heterocycles. The molecule has 0 fully saturated rings. The summed E-state index contributed by atoms with van der Waals surface area (Å²) in [5.74, 6) is 0. The Morgan fingerprint density at radius 3 is 3.10 bits per heavy atom. The van der Waals surface area contributed by atoms with E-state index in [-0.39, 0.29) is 0 Å². The minimum atomic E-state index is 0.539. The van der Waals surface area contributed by atoms with E-state index >= 15 is 0 Å². The van der Waals surface area contributed by atoms with Gasteiger partial charge in [0.2, 0.25) is 5.65 Å². The van der Waals surface area contributed by atoms with Gasteiger partial charge in [-0.3, -0.25) is 0 Å². The Bertz CT molecular complexity index is 910. The summed E-state index contributed by atoms with van der Waals surface area (Å²) in [6.07, 6.45) is 7.31. The monoisotopic (exact) mass is 329 g/mol. The first-order valence-corrected chi connectivity index (χ1v) is 6.72. The molecule has 0 aromatic carbocycles. The minimum Gasteiger partial charge on any atom is -0.307 e. The van der Waals surface area contributed by atoms with Gasteiger partial charge in [-0.1, -0.05) is 11.3 Å². The number of imidazole rings is 1. The first-order chi connectivity index (χ1) is 9.79. The predicted octanol–water partition coefficient (Wildman–Crippen LogP) is 1.68. The molecule has 4 rings (SSSR count). The van der Waals surface area contributed by atoms with E-state index in [1.54, 1.807) is 17.1 Å². The zero-order valence-electron chi connectivity index (χ0n) is 10.2. The number of nitrogens with zero attached hydrogens (tertiary/aromatic N) is 7. The smallest absolute Gasteiger partial charge is 0.221 e. The minimum absolute atomic E-state index is 0.539. The van der Waals surface area contributed by atoms with Gasteiger partial charge in [0.15, 0.2) is 5.65 Å². The van der Waals surface area contributed by atoms with Gasteiger partial charge in [0.1, 0.15) is 10.3 Å². The SMILES string of the molecule is Brc1cnc2nnn(Cc3ccc4nccn4c3)c2n1. The van der Waals surface area contributed by atoms with Crippen LogP contribution in [-0.2, 0) is 6.54 Å². The van der Waals surface area contributed by atoms with Crippen molar-refractivity contribution >= 4 is 32.9 Å². The lowest BCUT2D eigenvalue weighted by Gasteiger charge is -2.03. The lowest BCUT2D eigenvalue weighted by Crippen LogP contribution is -2.04. The molecular formula is C12H8BrN7. The second-order valence-electron chi connectivity index (χ2n) is 4.32. The first kappa shape index (κ1) is 11.5. The average Bonchev–Trinajstić information content (AvgIpc) is 3.05. The van der Waals surface area contributed by atoms with Gasteiger partial charge in [-0.25, -0.2) is 19.6 Å². The summed E-state index contributed by atoms with van der Waals surface area (Å²) in [7, 11) is 0. The molecular weight excluding hydrogens is 322 g/mol. The molecule has 0 aliphatic rings. The fourth-order valence-corrected chi connectivity index (χ4v) is 2.34. The normalized spacial score (nSPS) is 11.4. The molecule has 0 radical (unpaired) electrons. The molecule has 4 aromatic rings. The first-order valence-electron chi connectivity index (χ1n) is 5.93. The number of pyridine rings is 1. The van der Waals surface area contributed by atoms with Crippen LogP contribution in [-0.4, -0.2) is 34.3 Å². The van der Waals surface area contributed by atoms with E-state index in [9.17, 15) is 0 Å². The zero-order chi connectivity index (χ0) is 13.5. The topological polar surface area (TPSA) is 73.8 Å². The molecule has 0 saturated carbocycles. The summed E-state index contributed by atoms with van der Waals surface area (Å²) < 4.78 is 4.36. The van der Waals surface area contributed by atoms with Gasteiger partial charge in [-0.05, 0) is 27.6 Å². The fourth-order valence-electron chi connectivity index (χ4n) is 2.07. The van der Waals surface area contributed by atoms with Gasteiger partial charge >= 0.3 is 0 Å². The van der Waals surface area contributed by atoms with Crippen LogP contribution in [0, 0.1) is 0 Å². The van der Waals surface area contributed by atoms with E-state index < -0.39 is 0 Å². The molecule has 8 heteroatoms. The molecule has 98 valence electrons. The maximum atomic E-state index is 4.36. The molecule has 0 spiro atoms. The molecule has 0 aliphatic carbocycles. The molecule has 0 N–H and O–H groups in total. The second-order valence-corrected chi connectivity index (χ2v) is 5.13. The number of rotatable bonds is 2. The summed E-state index contributed by atoms with van der Waals surface area (Å²) in [6.45, 7) is 0.579. The third-order valence-corrected chi connectivity index (χ3v) is 3.36. The lowest BCUT2D eigenvalue weighted by molar-refractivity contribution is 0.661. The Morgan fingerprint density at radius 1 is 1.20 bits per heavy atom. The van der Waals surface area contributed by atoms with E-state index in [1.807, 2.05) is 28.9 Å². The van der Waals surface area contributed by atoms with E-state index in [2.05, 4.69) is 41.2 Å². The highest BCUT2D eigenvalue weighted by molar-refractivity contribution is 9.10. The predicted molar refractivity (Wildman–Crippen MR) is 75.1 cm³/mol. The van der Waals surface area contributed by atoms with Gasteiger partial charge in [0.25, 0.3) is 0 Å². The molecule has 0 amide bonds. The lowest BCUT2D eigenvalue weighted by atomic mass is 10.3. The Balaban J connectivity index is 1.77. The molecule has 0 atom stereocenters. The Hall–Kier alpha value is -2.35. The zero-order valence-corrected chi connectivity index (χ0v) is 11.8. The van der Waals surface area contributed by atoms with Crippen LogP contribution in [0.25, 0.3) is 16.9 Å². The van der Waals surface area contributed by atoms with Crippen molar-refractivity contribution in [1.29, 1.82) is 0 Å². The second kappa shape index (κ2) is 4.34. The Morgan fingerprint density at radius 2 is 2.15 bits per heavy atom. The van der Waals surface area contributed by atoms with Crippen LogP contribution in [0.5, 0.6) is 0 Å². The molecule has 20 heavy (non-hydrogen) atoms. The summed E-state index contributed by atoms with van der Waals surface area (Å²) in [5.41, 5.74) is 3.20. The van der Waals surface area contributed by atoms with Gasteiger partial charge in [0, 0.05) is 18.6 Å². The number of fused-ring (bicyclic) bond motifs is 2. The van der Waals surface area contributed by atoms with Gasteiger partial charge in [-0.15, -0.1) is 5.10 Å². The fraction of sp³-hybridized carbons (Fsp3) is 0.0833. The van der Waals surface area contributed by atoms with E-state index in [0.717, 1.165) is 11.2 Å². The average molecular weight is 330 g/mol.